The van der Waals surface area contributed by atoms with E-state index >= 15 is 0 Å². The number of aromatic nitrogens is 3. The first-order valence-electron chi connectivity index (χ1n) is 6.32. The summed E-state index contributed by atoms with van der Waals surface area (Å²) in [7, 11) is 0. The van der Waals surface area contributed by atoms with Crippen LogP contribution in [0.15, 0.2) is 53.4 Å². The standard InChI is InChI=1S/C14H13N5O2.ClH/c15-8-13-18-12(9-21-13)14(20)17-10-3-1-4-11(7-10)19-6-2-5-16-19;/h1-7,9H,8,15H2,(H,17,20);1H. The summed E-state index contributed by atoms with van der Waals surface area (Å²) in [4.78, 5) is 16.0. The Hall–Kier alpha value is -2.64. The summed E-state index contributed by atoms with van der Waals surface area (Å²) in [6.45, 7) is 0.155. The molecule has 0 aliphatic heterocycles. The van der Waals surface area contributed by atoms with Gasteiger partial charge in [0.25, 0.3) is 5.91 Å². The van der Waals surface area contributed by atoms with E-state index in [0.29, 0.717) is 11.6 Å². The number of nitrogens with one attached hydrogen (secondary N) is 1. The van der Waals surface area contributed by atoms with Crippen molar-refractivity contribution in [3.8, 4) is 5.69 Å². The first-order chi connectivity index (χ1) is 10.3. The number of benzene rings is 1. The van der Waals surface area contributed by atoms with Crippen LogP contribution in [0.4, 0.5) is 5.69 Å². The Morgan fingerprint density at radius 2 is 2.23 bits per heavy atom. The van der Waals surface area contributed by atoms with Gasteiger partial charge in [-0.3, -0.25) is 4.79 Å². The molecule has 3 aromatic rings. The van der Waals surface area contributed by atoms with Gasteiger partial charge in [0.05, 0.1) is 12.2 Å². The van der Waals surface area contributed by atoms with Gasteiger partial charge >= 0.3 is 0 Å². The normalized spacial score (nSPS) is 10.0. The van der Waals surface area contributed by atoms with Crippen LogP contribution in [0.25, 0.3) is 5.69 Å². The number of halogens is 1. The van der Waals surface area contributed by atoms with Gasteiger partial charge in [-0.05, 0) is 24.3 Å². The molecule has 0 unspecified atom stereocenters. The number of nitrogens with zero attached hydrogens (tertiary/aromatic N) is 3. The van der Waals surface area contributed by atoms with E-state index in [1.807, 2.05) is 30.5 Å². The molecule has 0 bridgehead atoms. The Kier molecular flexibility index (Phi) is 4.92. The second-order valence-corrected chi connectivity index (χ2v) is 4.29. The maximum Gasteiger partial charge on any atom is 0.277 e. The molecule has 0 saturated heterocycles. The van der Waals surface area contributed by atoms with Gasteiger partial charge in [-0.25, -0.2) is 9.67 Å². The maximum atomic E-state index is 12.0. The lowest BCUT2D eigenvalue weighted by Gasteiger charge is -2.06. The minimum atomic E-state index is -0.351. The Bertz CT molecular complexity index is 754. The molecular weight excluding hydrogens is 306 g/mol. The first kappa shape index (κ1) is 15.7. The van der Waals surface area contributed by atoms with E-state index < -0.39 is 0 Å². The van der Waals surface area contributed by atoms with Crippen LogP contribution in [-0.4, -0.2) is 20.7 Å². The van der Waals surface area contributed by atoms with Gasteiger partial charge in [-0.2, -0.15) is 5.10 Å². The van der Waals surface area contributed by atoms with E-state index in [4.69, 9.17) is 10.2 Å². The summed E-state index contributed by atoms with van der Waals surface area (Å²) < 4.78 is 6.75. The molecule has 0 aliphatic rings. The second kappa shape index (κ2) is 6.88. The van der Waals surface area contributed by atoms with E-state index in [2.05, 4.69) is 15.4 Å². The summed E-state index contributed by atoms with van der Waals surface area (Å²) in [6, 6.07) is 9.16. The number of carbonyl (C=O) groups is 1. The molecule has 114 valence electrons. The quantitative estimate of drug-likeness (QED) is 0.766. The molecule has 0 radical (unpaired) electrons. The van der Waals surface area contributed by atoms with Gasteiger partial charge in [0.1, 0.15) is 6.26 Å². The zero-order chi connectivity index (χ0) is 14.7. The molecule has 0 atom stereocenters. The zero-order valence-electron chi connectivity index (χ0n) is 11.5. The number of hydrogen-bond acceptors (Lipinski definition) is 5. The van der Waals surface area contributed by atoms with Crippen LogP contribution in [0.5, 0.6) is 0 Å². The van der Waals surface area contributed by atoms with Crippen molar-refractivity contribution in [3.63, 3.8) is 0 Å². The highest BCUT2D eigenvalue weighted by Gasteiger charge is 2.12. The minimum Gasteiger partial charge on any atom is -0.447 e. The average Bonchev–Trinajstić information content (AvgIpc) is 3.19. The molecule has 1 aromatic carbocycles. The molecule has 22 heavy (non-hydrogen) atoms. The average molecular weight is 320 g/mol. The van der Waals surface area contributed by atoms with Crippen LogP contribution in [0.2, 0.25) is 0 Å². The fraction of sp³-hybridized carbons (Fsp3) is 0.0714. The number of carbonyl (C=O) groups excluding carboxylic acids is 1. The number of amides is 1. The van der Waals surface area contributed by atoms with Gasteiger partial charge in [-0.15, -0.1) is 12.4 Å². The van der Waals surface area contributed by atoms with Crippen LogP contribution in [-0.2, 0) is 6.54 Å². The number of anilines is 1. The first-order valence-corrected chi connectivity index (χ1v) is 6.32. The predicted octanol–water partition coefficient (Wildman–Crippen LogP) is 1.99. The van der Waals surface area contributed by atoms with Crippen molar-refractivity contribution in [3.05, 3.63) is 60.6 Å². The van der Waals surface area contributed by atoms with Gasteiger partial charge < -0.3 is 15.5 Å². The van der Waals surface area contributed by atoms with Crippen molar-refractivity contribution in [2.45, 2.75) is 6.54 Å². The van der Waals surface area contributed by atoms with Crippen LogP contribution in [0.3, 0.4) is 0 Å². The fourth-order valence-electron chi connectivity index (χ4n) is 1.85. The summed E-state index contributed by atoms with van der Waals surface area (Å²) in [6.07, 6.45) is 4.80. The van der Waals surface area contributed by atoms with Crippen molar-refractivity contribution in [2.24, 2.45) is 5.73 Å². The van der Waals surface area contributed by atoms with Crippen molar-refractivity contribution in [1.82, 2.24) is 14.8 Å². The predicted molar refractivity (Wildman–Crippen MR) is 83.2 cm³/mol. The molecule has 3 rings (SSSR count). The molecular formula is C14H14ClN5O2. The fourth-order valence-corrected chi connectivity index (χ4v) is 1.85. The molecule has 0 spiro atoms. The number of rotatable bonds is 4. The molecule has 2 heterocycles. The van der Waals surface area contributed by atoms with E-state index in [1.54, 1.807) is 16.9 Å². The van der Waals surface area contributed by atoms with Crippen LogP contribution >= 0.6 is 12.4 Å². The van der Waals surface area contributed by atoms with E-state index in [1.165, 1.54) is 6.26 Å². The Labute approximate surface area is 132 Å². The smallest absolute Gasteiger partial charge is 0.277 e. The van der Waals surface area contributed by atoms with Gasteiger partial charge in [0.2, 0.25) is 5.89 Å². The number of oxazole rings is 1. The van der Waals surface area contributed by atoms with Crippen molar-refractivity contribution in [2.75, 3.05) is 5.32 Å². The van der Waals surface area contributed by atoms with Crippen molar-refractivity contribution >= 4 is 24.0 Å². The summed E-state index contributed by atoms with van der Waals surface area (Å²) >= 11 is 0. The Morgan fingerprint density at radius 1 is 1.36 bits per heavy atom. The molecule has 3 N–H and O–H groups in total. The number of hydrogen-bond donors (Lipinski definition) is 2. The SMILES string of the molecule is Cl.NCc1nc(C(=O)Nc2cccc(-n3cccn3)c2)co1. The Morgan fingerprint density at radius 3 is 2.91 bits per heavy atom. The van der Waals surface area contributed by atoms with E-state index in [-0.39, 0.29) is 30.6 Å². The monoisotopic (exact) mass is 319 g/mol. The minimum absolute atomic E-state index is 0. The summed E-state index contributed by atoms with van der Waals surface area (Å²) in [5.74, 6) is -0.0264. The maximum absolute atomic E-state index is 12.0. The van der Waals surface area contributed by atoms with Crippen LogP contribution in [0, 0.1) is 0 Å². The molecule has 0 saturated carbocycles. The highest BCUT2D eigenvalue weighted by atomic mass is 35.5. The topological polar surface area (TPSA) is 99.0 Å². The molecule has 0 aliphatic carbocycles. The van der Waals surface area contributed by atoms with Gasteiger partial charge in [-0.1, -0.05) is 6.07 Å². The number of nitrogens with two attached hydrogens (primary N) is 1. The van der Waals surface area contributed by atoms with Crippen molar-refractivity contribution < 1.29 is 9.21 Å². The molecule has 1 amide bonds. The highest BCUT2D eigenvalue weighted by molar-refractivity contribution is 6.02. The largest absolute Gasteiger partial charge is 0.447 e. The highest BCUT2D eigenvalue weighted by Crippen LogP contribution is 2.15. The lowest BCUT2D eigenvalue weighted by Crippen LogP contribution is -2.13. The van der Waals surface area contributed by atoms with Crippen molar-refractivity contribution in [1.29, 1.82) is 0 Å². The second-order valence-electron chi connectivity index (χ2n) is 4.29. The third kappa shape index (κ3) is 3.33. The van der Waals surface area contributed by atoms with Crippen LogP contribution < -0.4 is 11.1 Å². The Balaban J connectivity index is 0.00000176. The lowest BCUT2D eigenvalue weighted by molar-refractivity contribution is 0.102. The van der Waals surface area contributed by atoms with Gasteiger partial charge in [0, 0.05) is 18.1 Å². The lowest BCUT2D eigenvalue weighted by atomic mass is 10.2. The zero-order valence-corrected chi connectivity index (χ0v) is 12.3. The molecule has 7 nitrogen and oxygen atoms in total. The summed E-state index contributed by atoms with van der Waals surface area (Å²) in [5.41, 5.74) is 7.08. The molecule has 8 heteroatoms. The third-order valence-corrected chi connectivity index (χ3v) is 2.83. The van der Waals surface area contributed by atoms with Crippen LogP contribution in [0.1, 0.15) is 16.4 Å². The van der Waals surface area contributed by atoms with E-state index in [0.717, 1.165) is 5.69 Å². The summed E-state index contributed by atoms with van der Waals surface area (Å²) in [5, 5.41) is 6.90. The van der Waals surface area contributed by atoms with Gasteiger partial charge in [0.15, 0.2) is 5.69 Å². The molecule has 2 aromatic heterocycles. The molecule has 0 fully saturated rings. The van der Waals surface area contributed by atoms with E-state index in [9.17, 15) is 4.79 Å². The third-order valence-electron chi connectivity index (χ3n) is 2.83.